The molecule has 0 aliphatic carbocycles. The number of carboxylic acid groups (broad SMARTS) is 1. The average molecular weight is 399 g/mol. The molecular weight excluding hydrogens is 374 g/mol. The molecule has 0 heterocycles. The van der Waals surface area contributed by atoms with E-state index in [1.807, 2.05) is 37.3 Å². The van der Waals surface area contributed by atoms with Crippen LogP contribution in [-0.4, -0.2) is 28.1 Å². The lowest BCUT2D eigenvalue weighted by Crippen LogP contribution is -2.44. The van der Waals surface area contributed by atoms with Crippen LogP contribution >= 0.6 is 0 Å². The molecule has 0 saturated heterocycles. The molecule has 2 atom stereocenters. The molecule has 0 aliphatic heterocycles. The predicted octanol–water partition coefficient (Wildman–Crippen LogP) is 3.82. The van der Waals surface area contributed by atoms with Crippen LogP contribution in [0.4, 0.5) is 10.5 Å². The highest BCUT2D eigenvalue weighted by Crippen LogP contribution is 2.21. The Bertz CT molecular complexity index is 841. The normalized spacial score (nSPS) is 12.6. The molecule has 2 aromatic rings. The van der Waals surface area contributed by atoms with Crippen LogP contribution < -0.4 is 10.6 Å². The topological polar surface area (TPSA) is 122 Å². The monoisotopic (exact) mass is 399 g/mol. The highest BCUT2D eigenvalue weighted by molar-refractivity contribution is 5.75. The van der Waals surface area contributed by atoms with E-state index in [0.717, 1.165) is 5.56 Å². The number of aliphatic carboxylic acids is 1. The highest BCUT2D eigenvalue weighted by atomic mass is 16.6. The van der Waals surface area contributed by atoms with Crippen molar-refractivity contribution >= 4 is 17.7 Å². The van der Waals surface area contributed by atoms with Crippen LogP contribution in [0.2, 0.25) is 0 Å². The van der Waals surface area contributed by atoms with Gasteiger partial charge >= 0.3 is 12.0 Å². The van der Waals surface area contributed by atoms with E-state index in [9.17, 15) is 19.7 Å². The van der Waals surface area contributed by atoms with Crippen LogP contribution in [0.25, 0.3) is 0 Å². The van der Waals surface area contributed by atoms with Gasteiger partial charge in [-0.3, -0.25) is 14.9 Å². The quantitative estimate of drug-likeness (QED) is 0.414. The number of amides is 2. The van der Waals surface area contributed by atoms with Crippen molar-refractivity contribution in [2.24, 2.45) is 0 Å². The summed E-state index contributed by atoms with van der Waals surface area (Å²) in [4.78, 5) is 34.0. The summed E-state index contributed by atoms with van der Waals surface area (Å²) in [5.74, 6) is -0.923. The molecule has 0 aliphatic rings. The second-order valence-corrected chi connectivity index (χ2v) is 6.75. The minimum Gasteiger partial charge on any atom is -0.481 e. The van der Waals surface area contributed by atoms with Gasteiger partial charge in [-0.25, -0.2) is 4.79 Å². The van der Waals surface area contributed by atoms with E-state index in [0.29, 0.717) is 24.8 Å². The number of urea groups is 1. The third-order valence-corrected chi connectivity index (χ3v) is 4.56. The fourth-order valence-electron chi connectivity index (χ4n) is 3.08. The van der Waals surface area contributed by atoms with Crippen LogP contribution in [0, 0.1) is 10.1 Å². The van der Waals surface area contributed by atoms with Gasteiger partial charge in [-0.15, -0.1) is 0 Å². The molecule has 0 saturated carbocycles. The summed E-state index contributed by atoms with van der Waals surface area (Å²) in [6.45, 7) is 1.87. The Morgan fingerprint density at radius 1 is 1.10 bits per heavy atom. The van der Waals surface area contributed by atoms with Gasteiger partial charge in [-0.05, 0) is 30.4 Å². The predicted molar refractivity (Wildman–Crippen MR) is 109 cm³/mol. The molecule has 8 heteroatoms. The molecule has 0 radical (unpaired) electrons. The molecule has 29 heavy (non-hydrogen) atoms. The van der Waals surface area contributed by atoms with Gasteiger partial charge in [0.05, 0.1) is 11.0 Å². The first kappa shape index (κ1) is 21.9. The lowest BCUT2D eigenvalue weighted by Gasteiger charge is -2.22. The Morgan fingerprint density at radius 2 is 1.83 bits per heavy atom. The number of rotatable bonds is 10. The number of nitro groups is 1. The molecule has 2 unspecified atom stereocenters. The number of nitrogens with one attached hydrogen (secondary N) is 2. The van der Waals surface area contributed by atoms with Gasteiger partial charge in [0.1, 0.15) is 0 Å². The van der Waals surface area contributed by atoms with E-state index in [1.165, 1.54) is 12.1 Å². The van der Waals surface area contributed by atoms with E-state index in [-0.39, 0.29) is 18.2 Å². The maximum absolute atomic E-state index is 12.5. The van der Waals surface area contributed by atoms with Gasteiger partial charge in [-0.2, -0.15) is 0 Å². The summed E-state index contributed by atoms with van der Waals surface area (Å²) < 4.78 is 0. The Morgan fingerprint density at radius 3 is 2.45 bits per heavy atom. The zero-order valence-electron chi connectivity index (χ0n) is 16.2. The van der Waals surface area contributed by atoms with Crippen molar-refractivity contribution in [1.82, 2.24) is 10.6 Å². The Labute approximate surface area is 169 Å². The smallest absolute Gasteiger partial charge is 0.315 e. The summed E-state index contributed by atoms with van der Waals surface area (Å²) in [7, 11) is 0. The highest BCUT2D eigenvalue weighted by Gasteiger charge is 2.19. The van der Waals surface area contributed by atoms with E-state index in [4.69, 9.17) is 5.11 Å². The number of carbonyl (C=O) groups excluding carboxylic acids is 1. The fraction of sp³-hybridized carbons (Fsp3) is 0.333. The van der Waals surface area contributed by atoms with Crippen molar-refractivity contribution in [3.8, 4) is 0 Å². The number of nitrogens with zero attached hydrogens (tertiary/aromatic N) is 1. The van der Waals surface area contributed by atoms with Crippen molar-refractivity contribution in [3.63, 3.8) is 0 Å². The lowest BCUT2D eigenvalue weighted by atomic mass is 10.0. The molecule has 2 rings (SSSR count). The molecule has 0 spiro atoms. The zero-order valence-corrected chi connectivity index (χ0v) is 16.2. The standard InChI is InChI=1S/C21H25N3O5/c1-2-19(16-9-6-10-18(14-16)24(28)29)23-21(27)22-17(11-12-20(25)26)13-15-7-4-3-5-8-15/h3-10,14,17,19H,2,11-13H2,1H3,(H,25,26)(H2,22,23,27). The van der Waals surface area contributed by atoms with E-state index in [1.54, 1.807) is 12.1 Å². The minimum absolute atomic E-state index is 0.0356. The lowest BCUT2D eigenvalue weighted by molar-refractivity contribution is -0.384. The third-order valence-electron chi connectivity index (χ3n) is 4.56. The van der Waals surface area contributed by atoms with Crippen molar-refractivity contribution in [3.05, 3.63) is 75.8 Å². The van der Waals surface area contributed by atoms with E-state index in [2.05, 4.69) is 10.6 Å². The van der Waals surface area contributed by atoms with Gasteiger partial charge in [0, 0.05) is 24.6 Å². The maximum atomic E-state index is 12.5. The van der Waals surface area contributed by atoms with Gasteiger partial charge < -0.3 is 15.7 Å². The van der Waals surface area contributed by atoms with Crippen molar-refractivity contribution in [1.29, 1.82) is 0 Å². The van der Waals surface area contributed by atoms with Gasteiger partial charge in [0.15, 0.2) is 0 Å². The number of non-ortho nitro benzene ring substituents is 1. The molecule has 0 aromatic heterocycles. The first-order valence-electron chi connectivity index (χ1n) is 9.46. The van der Waals surface area contributed by atoms with Crippen LogP contribution in [0.5, 0.6) is 0 Å². The van der Waals surface area contributed by atoms with Crippen LogP contribution in [-0.2, 0) is 11.2 Å². The Kier molecular flexibility index (Phi) is 8.14. The van der Waals surface area contributed by atoms with E-state index >= 15 is 0 Å². The molecule has 0 fully saturated rings. The Balaban J connectivity index is 2.05. The summed E-state index contributed by atoms with van der Waals surface area (Å²) in [6, 6.07) is 14.5. The van der Waals surface area contributed by atoms with E-state index < -0.39 is 23.0 Å². The maximum Gasteiger partial charge on any atom is 0.315 e. The van der Waals surface area contributed by atoms with Gasteiger partial charge in [0.25, 0.3) is 5.69 Å². The van der Waals surface area contributed by atoms with Crippen molar-refractivity contribution < 1.29 is 19.6 Å². The molecule has 8 nitrogen and oxygen atoms in total. The number of hydrogen-bond acceptors (Lipinski definition) is 4. The van der Waals surface area contributed by atoms with Gasteiger partial charge in [0.2, 0.25) is 0 Å². The number of nitro benzene ring substituents is 1. The number of carbonyl (C=O) groups is 2. The second kappa shape index (κ2) is 10.8. The zero-order chi connectivity index (χ0) is 21.2. The first-order valence-corrected chi connectivity index (χ1v) is 9.46. The number of benzene rings is 2. The van der Waals surface area contributed by atoms with Crippen LogP contribution in [0.1, 0.15) is 43.4 Å². The fourth-order valence-corrected chi connectivity index (χ4v) is 3.08. The number of carboxylic acids is 1. The van der Waals surface area contributed by atoms with Crippen molar-refractivity contribution in [2.75, 3.05) is 0 Å². The largest absolute Gasteiger partial charge is 0.481 e. The van der Waals surface area contributed by atoms with Crippen LogP contribution in [0.15, 0.2) is 54.6 Å². The first-order chi connectivity index (χ1) is 13.9. The van der Waals surface area contributed by atoms with Crippen molar-refractivity contribution in [2.45, 2.75) is 44.7 Å². The Hall–Kier alpha value is -3.42. The summed E-state index contributed by atoms with van der Waals surface area (Å²) in [6.07, 6.45) is 1.30. The molecular formula is C21H25N3O5. The van der Waals surface area contributed by atoms with Crippen LogP contribution in [0.3, 0.4) is 0 Å². The third kappa shape index (κ3) is 7.25. The molecule has 2 aromatic carbocycles. The average Bonchev–Trinajstić information content (AvgIpc) is 2.71. The SMILES string of the molecule is CCC(NC(=O)NC(CCC(=O)O)Cc1ccccc1)c1cccc([N+](=O)[O-])c1. The number of hydrogen-bond donors (Lipinski definition) is 3. The second-order valence-electron chi connectivity index (χ2n) is 6.75. The molecule has 3 N–H and O–H groups in total. The summed E-state index contributed by atoms with van der Waals surface area (Å²) in [5, 5.41) is 25.7. The molecule has 154 valence electrons. The summed E-state index contributed by atoms with van der Waals surface area (Å²) >= 11 is 0. The summed E-state index contributed by atoms with van der Waals surface area (Å²) in [5.41, 5.74) is 1.60. The minimum atomic E-state index is -0.923. The van der Waals surface area contributed by atoms with Gasteiger partial charge in [-0.1, -0.05) is 49.4 Å². The molecule has 2 amide bonds. The molecule has 0 bridgehead atoms.